The number of hydrogen-bond donors (Lipinski definition) is 1. The van der Waals surface area contributed by atoms with E-state index in [1.165, 1.54) is 24.0 Å². The molecule has 0 saturated heterocycles. The Morgan fingerprint density at radius 2 is 1.84 bits per heavy atom. The van der Waals surface area contributed by atoms with Gasteiger partial charge >= 0.3 is 0 Å². The van der Waals surface area contributed by atoms with Crippen LogP contribution in [0, 0.1) is 5.41 Å². The minimum absolute atomic E-state index is 0.166. The van der Waals surface area contributed by atoms with Gasteiger partial charge in [0.05, 0.1) is 23.9 Å². The fourth-order valence-electron chi connectivity index (χ4n) is 4.35. The predicted octanol–water partition coefficient (Wildman–Crippen LogP) is 6.20. The Labute approximate surface area is 194 Å². The van der Waals surface area contributed by atoms with Crippen molar-refractivity contribution >= 4 is 9.84 Å². The summed E-state index contributed by atoms with van der Waals surface area (Å²) in [7, 11) is -2.07. The molecule has 0 amide bonds. The molecule has 2 rings (SSSR count). The fraction of sp³-hybridized carbons (Fsp3) is 0.481. The van der Waals surface area contributed by atoms with Gasteiger partial charge in [0, 0.05) is 0 Å². The van der Waals surface area contributed by atoms with Crippen molar-refractivity contribution in [2.45, 2.75) is 70.4 Å². The molecule has 5 heteroatoms. The molecule has 1 N–H and O–H groups in total. The van der Waals surface area contributed by atoms with Crippen molar-refractivity contribution in [2.75, 3.05) is 13.7 Å². The lowest BCUT2D eigenvalue weighted by molar-refractivity contribution is 0.341. The zero-order chi connectivity index (χ0) is 23.9. The fourth-order valence-corrected chi connectivity index (χ4v) is 6.13. The topological polar surface area (TPSA) is 63.6 Å². The molecule has 1 atom stereocenters. The summed E-state index contributed by atoms with van der Waals surface area (Å²) < 4.78 is 31.9. The molecular weight excluding hydrogens is 420 g/mol. The molecule has 1 unspecified atom stereocenters. The van der Waals surface area contributed by atoms with Crippen molar-refractivity contribution < 1.29 is 18.3 Å². The van der Waals surface area contributed by atoms with Crippen LogP contribution in [-0.2, 0) is 9.84 Å². The van der Waals surface area contributed by atoms with E-state index in [-0.39, 0.29) is 16.9 Å². The first-order valence-electron chi connectivity index (χ1n) is 11.2. The van der Waals surface area contributed by atoms with Crippen LogP contribution in [0.2, 0.25) is 0 Å². The first-order chi connectivity index (χ1) is 15.0. The van der Waals surface area contributed by atoms with Crippen LogP contribution in [0.3, 0.4) is 0 Å². The minimum Gasteiger partial charge on any atom is -0.497 e. The number of aliphatic hydroxyl groups is 1. The van der Waals surface area contributed by atoms with Crippen molar-refractivity contribution in [3.63, 3.8) is 0 Å². The highest BCUT2D eigenvalue weighted by molar-refractivity contribution is 7.92. The molecule has 0 bridgehead atoms. The minimum atomic E-state index is -3.62. The summed E-state index contributed by atoms with van der Waals surface area (Å²) >= 11 is 0. The molecule has 1 aliphatic carbocycles. The molecule has 4 nitrogen and oxygen atoms in total. The molecule has 0 aromatic heterocycles. The van der Waals surface area contributed by atoms with Gasteiger partial charge in [-0.2, -0.15) is 0 Å². The van der Waals surface area contributed by atoms with Gasteiger partial charge in [-0.1, -0.05) is 54.9 Å². The number of allylic oxidation sites excluding steroid dienone is 6. The Hall–Kier alpha value is -2.11. The largest absolute Gasteiger partial charge is 0.497 e. The summed E-state index contributed by atoms with van der Waals surface area (Å²) in [6.07, 6.45) is 11.7. The van der Waals surface area contributed by atoms with Crippen molar-refractivity contribution in [1.29, 1.82) is 0 Å². The normalized spacial score (nSPS) is 18.8. The second-order valence-corrected chi connectivity index (χ2v) is 11.4. The van der Waals surface area contributed by atoms with Gasteiger partial charge in [0.1, 0.15) is 5.75 Å². The van der Waals surface area contributed by atoms with Crippen LogP contribution in [0.1, 0.15) is 60.3 Å². The molecule has 32 heavy (non-hydrogen) atoms. The standard InChI is InChI=1S/C27H38O4S/c1-20(9-15-25-21(2)8-7-18-27(25,4)5)10-16-26(22(3)17-19-28)32(29,30)24-13-11-23(31-6)12-14-24/h9-15,17,26,28H,7-8,16,18-19H2,1-6H3/b15-9+,20-10+,22-17+. The van der Waals surface area contributed by atoms with E-state index in [9.17, 15) is 13.5 Å². The van der Waals surface area contributed by atoms with Crippen molar-refractivity contribution in [3.05, 3.63) is 70.9 Å². The van der Waals surface area contributed by atoms with Crippen LogP contribution in [0.4, 0.5) is 0 Å². The summed E-state index contributed by atoms with van der Waals surface area (Å²) in [5.74, 6) is 0.610. The molecule has 1 aliphatic rings. The molecule has 0 fully saturated rings. The zero-order valence-electron chi connectivity index (χ0n) is 20.3. The Morgan fingerprint density at radius 3 is 2.41 bits per heavy atom. The Morgan fingerprint density at radius 1 is 1.19 bits per heavy atom. The first kappa shape index (κ1) is 26.1. The average Bonchev–Trinajstić information content (AvgIpc) is 2.73. The Kier molecular flexibility index (Phi) is 9.11. The quantitative estimate of drug-likeness (QED) is 0.354. The van der Waals surface area contributed by atoms with E-state index < -0.39 is 15.1 Å². The molecule has 176 valence electrons. The first-order valence-corrected chi connectivity index (χ1v) is 12.8. The van der Waals surface area contributed by atoms with Gasteiger partial charge in [0.2, 0.25) is 0 Å². The lowest BCUT2D eigenvalue weighted by atomic mass is 9.72. The number of hydrogen-bond acceptors (Lipinski definition) is 4. The highest BCUT2D eigenvalue weighted by Gasteiger charge is 2.28. The van der Waals surface area contributed by atoms with E-state index >= 15 is 0 Å². The van der Waals surface area contributed by atoms with Crippen molar-refractivity contribution in [2.24, 2.45) is 5.41 Å². The molecule has 0 radical (unpaired) electrons. The van der Waals surface area contributed by atoms with Crippen LogP contribution in [-0.4, -0.2) is 32.5 Å². The third-order valence-corrected chi connectivity index (χ3v) is 8.64. The Balaban J connectivity index is 2.30. The molecule has 0 heterocycles. The van der Waals surface area contributed by atoms with E-state index in [1.807, 2.05) is 13.0 Å². The summed E-state index contributed by atoms with van der Waals surface area (Å²) in [4.78, 5) is 0.250. The second-order valence-electron chi connectivity index (χ2n) is 9.29. The van der Waals surface area contributed by atoms with Gasteiger partial charge in [-0.15, -0.1) is 0 Å². The van der Waals surface area contributed by atoms with Gasteiger partial charge in [-0.05, 0) is 81.7 Å². The summed E-state index contributed by atoms with van der Waals surface area (Å²) in [5.41, 5.74) is 4.66. The van der Waals surface area contributed by atoms with Gasteiger partial charge < -0.3 is 9.84 Å². The zero-order valence-corrected chi connectivity index (χ0v) is 21.1. The third-order valence-electron chi connectivity index (χ3n) is 6.39. The van der Waals surface area contributed by atoms with E-state index in [0.29, 0.717) is 17.7 Å². The molecule has 0 spiro atoms. The van der Waals surface area contributed by atoms with Crippen LogP contribution in [0.15, 0.2) is 75.8 Å². The van der Waals surface area contributed by atoms with Crippen LogP contribution >= 0.6 is 0 Å². The average molecular weight is 459 g/mol. The number of benzene rings is 1. The highest BCUT2D eigenvalue weighted by atomic mass is 32.2. The lowest BCUT2D eigenvalue weighted by Gasteiger charge is -2.33. The number of methoxy groups -OCH3 is 1. The smallest absolute Gasteiger partial charge is 0.185 e. The van der Waals surface area contributed by atoms with Gasteiger partial charge in [-0.3, -0.25) is 0 Å². The third kappa shape index (κ3) is 6.46. The van der Waals surface area contributed by atoms with Crippen molar-refractivity contribution in [3.8, 4) is 5.75 Å². The maximum absolute atomic E-state index is 13.4. The lowest BCUT2D eigenvalue weighted by Crippen LogP contribution is -2.23. The van der Waals surface area contributed by atoms with Crippen LogP contribution in [0.25, 0.3) is 0 Å². The monoisotopic (exact) mass is 458 g/mol. The van der Waals surface area contributed by atoms with Gasteiger partial charge in [-0.25, -0.2) is 8.42 Å². The van der Waals surface area contributed by atoms with E-state index in [0.717, 1.165) is 12.0 Å². The maximum atomic E-state index is 13.4. The van der Waals surface area contributed by atoms with Crippen LogP contribution in [0.5, 0.6) is 5.75 Å². The summed E-state index contributed by atoms with van der Waals surface area (Å²) in [5, 5.41) is 8.61. The molecule has 1 aromatic rings. The molecular formula is C27H38O4S. The molecule has 1 aromatic carbocycles. The van der Waals surface area contributed by atoms with E-state index in [2.05, 4.69) is 32.9 Å². The molecule has 0 aliphatic heterocycles. The van der Waals surface area contributed by atoms with E-state index in [4.69, 9.17) is 4.74 Å². The van der Waals surface area contributed by atoms with E-state index in [1.54, 1.807) is 44.4 Å². The van der Waals surface area contributed by atoms with Crippen LogP contribution < -0.4 is 4.74 Å². The molecule has 0 saturated carbocycles. The van der Waals surface area contributed by atoms with Gasteiger partial charge in [0.15, 0.2) is 9.84 Å². The highest BCUT2D eigenvalue weighted by Crippen LogP contribution is 2.40. The number of rotatable bonds is 9. The maximum Gasteiger partial charge on any atom is 0.185 e. The van der Waals surface area contributed by atoms with Gasteiger partial charge in [0.25, 0.3) is 0 Å². The summed E-state index contributed by atoms with van der Waals surface area (Å²) in [6.45, 7) is 10.4. The summed E-state index contributed by atoms with van der Waals surface area (Å²) in [6, 6.07) is 6.45. The number of ether oxygens (including phenoxy) is 1. The second kappa shape index (κ2) is 11.2. The predicted molar refractivity (Wildman–Crippen MR) is 133 cm³/mol. The number of sulfone groups is 1. The SMILES string of the molecule is COc1ccc(S(=O)(=O)C(C/C=C(C)/C=C/C2=C(C)CCCC2(C)C)/C(C)=C/CO)cc1. The van der Waals surface area contributed by atoms with Crippen molar-refractivity contribution in [1.82, 2.24) is 0 Å². The Bertz CT molecular complexity index is 1010. The number of aliphatic hydroxyl groups excluding tert-OH is 1.